The highest BCUT2D eigenvalue weighted by Crippen LogP contribution is 2.44. The van der Waals surface area contributed by atoms with Crippen LogP contribution < -0.4 is 11.2 Å². The van der Waals surface area contributed by atoms with E-state index in [1.165, 1.54) is 11.6 Å². The summed E-state index contributed by atoms with van der Waals surface area (Å²) >= 11 is 0. The van der Waals surface area contributed by atoms with Crippen LogP contribution in [0.1, 0.15) is 40.0 Å². The van der Waals surface area contributed by atoms with Crippen LogP contribution in [-0.4, -0.2) is 14.9 Å². The van der Waals surface area contributed by atoms with E-state index in [9.17, 15) is 14.4 Å². The Morgan fingerprint density at radius 2 is 1.65 bits per heavy atom. The van der Waals surface area contributed by atoms with Crippen molar-refractivity contribution in [2.75, 3.05) is 0 Å². The number of aromatic nitrogens is 2. The van der Waals surface area contributed by atoms with E-state index in [1.54, 1.807) is 7.05 Å². The molecule has 0 N–H and O–H groups in total. The molecule has 23 heavy (non-hydrogen) atoms. The lowest BCUT2D eigenvalue weighted by atomic mass is 9.81. The van der Waals surface area contributed by atoms with Gasteiger partial charge >= 0.3 is 5.69 Å². The molecule has 2 aliphatic rings. The van der Waals surface area contributed by atoms with Crippen LogP contribution in [0, 0.1) is 0 Å². The number of hydrogen-bond donors (Lipinski definition) is 0. The number of benzene rings is 1. The Hall–Kier alpha value is -2.69. The number of nitrogens with zero attached hydrogens (tertiary/aromatic N) is 2. The molecule has 0 spiro atoms. The van der Waals surface area contributed by atoms with E-state index in [-0.39, 0.29) is 23.0 Å². The lowest BCUT2D eigenvalue weighted by Gasteiger charge is -2.26. The summed E-state index contributed by atoms with van der Waals surface area (Å²) in [5.74, 6) is -0.302. The van der Waals surface area contributed by atoms with Gasteiger partial charge in [0.05, 0.1) is 0 Å². The lowest BCUT2D eigenvalue weighted by molar-refractivity contribution is 0.103. The zero-order chi connectivity index (χ0) is 16.5. The van der Waals surface area contributed by atoms with Gasteiger partial charge in [-0.1, -0.05) is 31.2 Å². The summed E-state index contributed by atoms with van der Waals surface area (Å²) in [5, 5.41) is 0. The zero-order valence-electron chi connectivity index (χ0n) is 13.2. The quantitative estimate of drug-likeness (QED) is 0.739. The molecule has 1 heterocycles. The summed E-state index contributed by atoms with van der Waals surface area (Å²) in [6.45, 7) is 1.88. The smallest absolute Gasteiger partial charge is 0.300 e. The molecule has 2 aromatic rings. The highest BCUT2D eigenvalue weighted by atomic mass is 16.2. The normalized spacial score (nSPS) is 18.7. The van der Waals surface area contributed by atoms with Crippen LogP contribution in [0.5, 0.6) is 0 Å². The van der Waals surface area contributed by atoms with Crippen LogP contribution in [0.15, 0.2) is 39.4 Å². The van der Waals surface area contributed by atoms with Crippen molar-refractivity contribution in [3.8, 4) is 0 Å². The van der Waals surface area contributed by atoms with Crippen LogP contribution >= 0.6 is 0 Å². The van der Waals surface area contributed by atoms with Crippen molar-refractivity contribution in [1.29, 1.82) is 0 Å². The minimum absolute atomic E-state index is 0.00431. The van der Waals surface area contributed by atoms with E-state index in [0.29, 0.717) is 28.8 Å². The summed E-state index contributed by atoms with van der Waals surface area (Å²) in [6.07, 6.45) is 0.444. The maximum absolute atomic E-state index is 12.8. The standard InChI is InChI=1S/C18H16N2O3/c1-9-14-12(10-6-4-5-7-11(10)16(14)21)8-13-15(9)17(22)20(3)18(23)19(13)2/h4-7,9H,8H2,1-3H3. The molecule has 5 nitrogen and oxygen atoms in total. The summed E-state index contributed by atoms with van der Waals surface area (Å²) in [7, 11) is 3.16. The van der Waals surface area contributed by atoms with Crippen molar-refractivity contribution in [3.63, 3.8) is 0 Å². The second kappa shape index (κ2) is 4.41. The van der Waals surface area contributed by atoms with Crippen molar-refractivity contribution in [2.45, 2.75) is 19.3 Å². The number of Topliss-reactive ketones (excluding diaryl/α,β-unsaturated/α-hetero) is 1. The Bertz CT molecular complexity index is 1040. The van der Waals surface area contributed by atoms with E-state index >= 15 is 0 Å². The van der Waals surface area contributed by atoms with Crippen LogP contribution in [0.25, 0.3) is 5.57 Å². The number of rotatable bonds is 0. The second-order valence-corrected chi connectivity index (χ2v) is 6.23. The highest BCUT2D eigenvalue weighted by molar-refractivity contribution is 6.22. The topological polar surface area (TPSA) is 61.1 Å². The minimum atomic E-state index is -0.331. The fourth-order valence-corrected chi connectivity index (χ4v) is 3.89. The SMILES string of the molecule is CC1C2=C(Cc3c1c(=O)n(C)c(=O)n3C)c1ccccc1C2=O. The summed E-state index contributed by atoms with van der Waals surface area (Å²) < 4.78 is 2.65. The largest absolute Gasteiger partial charge is 0.330 e. The molecule has 116 valence electrons. The van der Waals surface area contributed by atoms with Crippen molar-refractivity contribution in [2.24, 2.45) is 14.1 Å². The predicted molar refractivity (Wildman–Crippen MR) is 86.7 cm³/mol. The average Bonchev–Trinajstić information content (AvgIpc) is 2.84. The Balaban J connectivity index is 2.05. The molecule has 0 aliphatic heterocycles. The highest BCUT2D eigenvalue weighted by Gasteiger charge is 2.39. The molecule has 0 fully saturated rings. The summed E-state index contributed by atoms with van der Waals surface area (Å²) in [6, 6.07) is 7.52. The first-order valence-corrected chi connectivity index (χ1v) is 7.59. The fraction of sp³-hybridized carbons (Fsp3) is 0.278. The monoisotopic (exact) mass is 308 g/mol. The van der Waals surface area contributed by atoms with Gasteiger partial charge < -0.3 is 0 Å². The molecule has 0 saturated carbocycles. The van der Waals surface area contributed by atoms with Gasteiger partial charge in [0, 0.05) is 48.8 Å². The fourth-order valence-electron chi connectivity index (χ4n) is 3.89. The summed E-state index contributed by atoms with van der Waals surface area (Å²) in [4.78, 5) is 37.6. The third kappa shape index (κ3) is 1.59. The molecule has 0 amide bonds. The van der Waals surface area contributed by atoms with Gasteiger partial charge in [-0.05, 0) is 11.1 Å². The third-order valence-corrected chi connectivity index (χ3v) is 5.10. The molecule has 0 radical (unpaired) electrons. The first kappa shape index (κ1) is 13.9. The zero-order valence-corrected chi connectivity index (χ0v) is 13.2. The molecule has 1 unspecified atom stereocenters. The average molecular weight is 308 g/mol. The van der Waals surface area contributed by atoms with Crippen molar-refractivity contribution in [1.82, 2.24) is 9.13 Å². The maximum atomic E-state index is 12.8. The Labute approximate surface area is 132 Å². The Kier molecular flexibility index (Phi) is 2.67. The van der Waals surface area contributed by atoms with Crippen molar-refractivity contribution >= 4 is 11.4 Å². The van der Waals surface area contributed by atoms with E-state index < -0.39 is 0 Å². The minimum Gasteiger partial charge on any atom is -0.300 e. The molecular formula is C18H16N2O3. The Morgan fingerprint density at radius 3 is 2.35 bits per heavy atom. The van der Waals surface area contributed by atoms with Crippen LogP contribution in [-0.2, 0) is 20.5 Å². The van der Waals surface area contributed by atoms with Gasteiger partial charge in [-0.25, -0.2) is 4.79 Å². The molecular weight excluding hydrogens is 292 g/mol. The van der Waals surface area contributed by atoms with Gasteiger partial charge in [0.25, 0.3) is 5.56 Å². The number of fused-ring (bicyclic) bond motifs is 3. The van der Waals surface area contributed by atoms with Gasteiger partial charge in [0.1, 0.15) is 0 Å². The second-order valence-electron chi connectivity index (χ2n) is 6.23. The first-order chi connectivity index (χ1) is 10.9. The van der Waals surface area contributed by atoms with E-state index in [1.807, 2.05) is 31.2 Å². The summed E-state index contributed by atoms with van der Waals surface area (Å²) in [5.41, 5.74) is 3.93. The molecule has 0 bridgehead atoms. The van der Waals surface area contributed by atoms with E-state index in [2.05, 4.69) is 0 Å². The molecule has 1 aromatic carbocycles. The molecule has 5 heteroatoms. The molecule has 2 aliphatic carbocycles. The Morgan fingerprint density at radius 1 is 1.00 bits per heavy atom. The maximum Gasteiger partial charge on any atom is 0.330 e. The molecule has 1 atom stereocenters. The molecule has 1 aromatic heterocycles. The van der Waals surface area contributed by atoms with Gasteiger partial charge in [-0.15, -0.1) is 0 Å². The van der Waals surface area contributed by atoms with E-state index in [4.69, 9.17) is 0 Å². The molecule has 4 rings (SSSR count). The van der Waals surface area contributed by atoms with Crippen LogP contribution in [0.4, 0.5) is 0 Å². The predicted octanol–water partition coefficient (Wildman–Crippen LogP) is 1.39. The van der Waals surface area contributed by atoms with Crippen LogP contribution in [0.3, 0.4) is 0 Å². The molecule has 0 saturated heterocycles. The third-order valence-electron chi connectivity index (χ3n) is 5.10. The number of hydrogen-bond acceptors (Lipinski definition) is 3. The van der Waals surface area contributed by atoms with Crippen molar-refractivity contribution in [3.05, 3.63) is 73.1 Å². The van der Waals surface area contributed by atoms with Crippen LogP contribution in [0.2, 0.25) is 0 Å². The van der Waals surface area contributed by atoms with Gasteiger partial charge in [0.2, 0.25) is 0 Å². The van der Waals surface area contributed by atoms with Gasteiger partial charge in [-0.2, -0.15) is 0 Å². The van der Waals surface area contributed by atoms with Crippen molar-refractivity contribution < 1.29 is 4.79 Å². The number of carbonyl (C=O) groups excluding carboxylic acids is 1. The number of allylic oxidation sites excluding steroid dienone is 2. The van der Waals surface area contributed by atoms with Gasteiger partial charge in [0.15, 0.2) is 5.78 Å². The van der Waals surface area contributed by atoms with Gasteiger partial charge in [-0.3, -0.25) is 18.7 Å². The number of carbonyl (C=O) groups is 1. The first-order valence-electron chi connectivity index (χ1n) is 7.59. The lowest BCUT2D eigenvalue weighted by Crippen LogP contribution is -2.43. The van der Waals surface area contributed by atoms with E-state index in [0.717, 1.165) is 15.7 Å². The number of ketones is 1.